The number of ether oxygens (including phenoxy) is 2. The summed E-state index contributed by atoms with van der Waals surface area (Å²) in [5.41, 5.74) is 7.00. The minimum absolute atomic E-state index is 0.124. The molecule has 3 rings (SSSR count). The first-order valence-electron chi connectivity index (χ1n) is 9.11. The third-order valence-electron chi connectivity index (χ3n) is 4.72. The zero-order chi connectivity index (χ0) is 20.1. The van der Waals surface area contributed by atoms with Crippen LogP contribution >= 0.6 is 0 Å². The summed E-state index contributed by atoms with van der Waals surface area (Å²) in [6.07, 6.45) is 4.72. The van der Waals surface area contributed by atoms with Gasteiger partial charge in [0.25, 0.3) is 0 Å². The number of hydrogen-bond acceptors (Lipinski definition) is 4. The van der Waals surface area contributed by atoms with Crippen molar-refractivity contribution in [2.24, 2.45) is 12.1 Å². The smallest absolute Gasteiger partial charge is 0.240 e. The number of amides is 1. The summed E-state index contributed by atoms with van der Waals surface area (Å²) < 4.78 is 12.6. The number of nitrogens with zero attached hydrogens (tertiary/aromatic N) is 2. The van der Waals surface area contributed by atoms with Crippen LogP contribution in [0, 0.1) is 6.92 Å². The van der Waals surface area contributed by atoms with Gasteiger partial charge in [-0.2, -0.15) is 5.10 Å². The Bertz CT molecular complexity index is 1020. The van der Waals surface area contributed by atoms with E-state index >= 15 is 0 Å². The van der Waals surface area contributed by atoms with Crippen molar-refractivity contribution in [2.75, 3.05) is 14.2 Å². The molecule has 0 fully saturated rings. The van der Waals surface area contributed by atoms with Crippen molar-refractivity contribution in [2.45, 2.75) is 19.8 Å². The first kappa shape index (κ1) is 19.5. The van der Waals surface area contributed by atoms with E-state index in [1.54, 1.807) is 32.6 Å². The van der Waals surface area contributed by atoms with E-state index in [-0.39, 0.29) is 5.91 Å². The van der Waals surface area contributed by atoms with Crippen LogP contribution in [-0.2, 0) is 18.3 Å². The highest BCUT2D eigenvalue weighted by atomic mass is 16.5. The standard InChI is InChI=1S/C22H25N3O3/c1-15-6-5-7-18-17(14-25(2)22(15)18)9-11-21(26)24-23-13-16-8-10-19(27-3)20(12-16)28-4/h5-8,10,12-14H,9,11H2,1-4H3,(H,24,26). The van der Waals surface area contributed by atoms with Gasteiger partial charge in [-0.15, -0.1) is 0 Å². The molecule has 0 aliphatic carbocycles. The van der Waals surface area contributed by atoms with E-state index in [2.05, 4.69) is 46.4 Å². The molecule has 2 aromatic carbocycles. The zero-order valence-electron chi connectivity index (χ0n) is 16.7. The molecular formula is C22H25N3O3. The lowest BCUT2D eigenvalue weighted by Gasteiger charge is -2.07. The fraction of sp³-hybridized carbons (Fsp3) is 0.273. The van der Waals surface area contributed by atoms with Gasteiger partial charge in [0.05, 0.1) is 26.0 Å². The van der Waals surface area contributed by atoms with Crippen LogP contribution < -0.4 is 14.9 Å². The van der Waals surface area contributed by atoms with Gasteiger partial charge in [0.15, 0.2) is 11.5 Å². The lowest BCUT2D eigenvalue weighted by Crippen LogP contribution is -2.17. The summed E-state index contributed by atoms with van der Waals surface area (Å²) >= 11 is 0. The molecule has 1 amide bonds. The highest BCUT2D eigenvalue weighted by Gasteiger charge is 2.10. The maximum Gasteiger partial charge on any atom is 0.240 e. The number of nitrogens with one attached hydrogen (secondary N) is 1. The molecule has 0 radical (unpaired) electrons. The molecule has 6 heteroatoms. The van der Waals surface area contributed by atoms with Crippen molar-refractivity contribution in [1.82, 2.24) is 9.99 Å². The zero-order valence-corrected chi connectivity index (χ0v) is 16.7. The van der Waals surface area contributed by atoms with Gasteiger partial charge in [-0.1, -0.05) is 18.2 Å². The predicted molar refractivity (Wildman–Crippen MR) is 111 cm³/mol. The van der Waals surface area contributed by atoms with Crippen LogP contribution in [0.15, 0.2) is 47.7 Å². The second kappa shape index (κ2) is 8.61. The summed E-state index contributed by atoms with van der Waals surface area (Å²) in [7, 11) is 5.20. The number of rotatable bonds is 7. The Balaban J connectivity index is 1.60. The number of fused-ring (bicyclic) bond motifs is 1. The average Bonchev–Trinajstić information content (AvgIpc) is 3.03. The number of methoxy groups -OCH3 is 2. The van der Waals surface area contributed by atoms with Crippen molar-refractivity contribution >= 4 is 23.0 Å². The average molecular weight is 379 g/mol. The van der Waals surface area contributed by atoms with Crippen molar-refractivity contribution in [3.63, 3.8) is 0 Å². The topological polar surface area (TPSA) is 64.8 Å². The SMILES string of the molecule is COc1ccc(C=NNC(=O)CCc2cn(C)c3c(C)cccc23)cc1OC. The van der Waals surface area contributed by atoms with Crippen molar-refractivity contribution in [1.29, 1.82) is 0 Å². The van der Waals surface area contributed by atoms with E-state index in [0.717, 1.165) is 5.56 Å². The highest BCUT2D eigenvalue weighted by molar-refractivity contribution is 5.87. The second-order valence-electron chi connectivity index (χ2n) is 6.64. The van der Waals surface area contributed by atoms with Gasteiger partial charge in [0.2, 0.25) is 5.91 Å². The molecule has 146 valence electrons. The van der Waals surface area contributed by atoms with Gasteiger partial charge in [-0.25, -0.2) is 5.43 Å². The lowest BCUT2D eigenvalue weighted by molar-refractivity contribution is -0.121. The van der Waals surface area contributed by atoms with E-state index in [1.165, 1.54) is 22.0 Å². The van der Waals surface area contributed by atoms with Crippen molar-refractivity contribution in [3.8, 4) is 11.5 Å². The molecule has 0 atom stereocenters. The summed E-state index contributed by atoms with van der Waals surface area (Å²) in [4.78, 5) is 12.2. The van der Waals surface area contributed by atoms with Gasteiger partial charge in [0, 0.05) is 25.1 Å². The van der Waals surface area contributed by atoms with Gasteiger partial charge < -0.3 is 14.0 Å². The van der Waals surface area contributed by atoms with Gasteiger partial charge in [-0.05, 0) is 48.2 Å². The fourth-order valence-corrected chi connectivity index (χ4v) is 3.37. The molecule has 0 spiro atoms. The number of carbonyl (C=O) groups is 1. The predicted octanol–water partition coefficient (Wildman–Crippen LogP) is 3.59. The van der Waals surface area contributed by atoms with Crippen LogP contribution in [0.3, 0.4) is 0 Å². The Morgan fingerprint density at radius 2 is 1.96 bits per heavy atom. The number of hydrogen-bond donors (Lipinski definition) is 1. The molecule has 1 N–H and O–H groups in total. The summed E-state index contributed by atoms with van der Waals surface area (Å²) in [5, 5.41) is 5.24. The molecule has 6 nitrogen and oxygen atoms in total. The quantitative estimate of drug-likeness (QED) is 0.504. The molecule has 0 aliphatic heterocycles. The van der Waals surface area contributed by atoms with Gasteiger partial charge in [0.1, 0.15) is 0 Å². The Hall–Kier alpha value is -3.28. The monoisotopic (exact) mass is 379 g/mol. The molecule has 0 saturated heterocycles. The van der Waals surface area contributed by atoms with Crippen molar-refractivity contribution < 1.29 is 14.3 Å². The Morgan fingerprint density at radius 1 is 1.18 bits per heavy atom. The van der Waals surface area contributed by atoms with Crippen LogP contribution in [0.1, 0.15) is 23.1 Å². The number of benzene rings is 2. The number of carbonyl (C=O) groups excluding carboxylic acids is 1. The number of aromatic nitrogens is 1. The van der Waals surface area contributed by atoms with Crippen LogP contribution in [0.25, 0.3) is 10.9 Å². The molecule has 28 heavy (non-hydrogen) atoms. The van der Waals surface area contributed by atoms with Crippen molar-refractivity contribution in [3.05, 3.63) is 59.3 Å². The minimum atomic E-state index is -0.124. The number of hydrazone groups is 1. The highest BCUT2D eigenvalue weighted by Crippen LogP contribution is 2.27. The van der Waals surface area contributed by atoms with E-state index < -0.39 is 0 Å². The largest absolute Gasteiger partial charge is 0.493 e. The Labute approximate surface area is 164 Å². The third-order valence-corrected chi connectivity index (χ3v) is 4.72. The third kappa shape index (κ3) is 4.17. The van der Waals surface area contributed by atoms with Gasteiger partial charge >= 0.3 is 0 Å². The van der Waals surface area contributed by atoms with E-state index in [0.29, 0.717) is 24.3 Å². The second-order valence-corrected chi connectivity index (χ2v) is 6.64. The Morgan fingerprint density at radius 3 is 2.71 bits per heavy atom. The fourth-order valence-electron chi connectivity index (χ4n) is 3.37. The summed E-state index contributed by atoms with van der Waals surface area (Å²) in [6.45, 7) is 2.10. The maximum atomic E-state index is 12.2. The van der Waals surface area contributed by atoms with Crippen LogP contribution in [0.4, 0.5) is 0 Å². The van der Waals surface area contributed by atoms with E-state index in [4.69, 9.17) is 9.47 Å². The Kier molecular flexibility index (Phi) is 5.99. The molecule has 1 heterocycles. The van der Waals surface area contributed by atoms with Crippen LogP contribution in [0.2, 0.25) is 0 Å². The molecule has 1 aromatic heterocycles. The van der Waals surface area contributed by atoms with Crippen LogP contribution in [-0.4, -0.2) is 30.9 Å². The minimum Gasteiger partial charge on any atom is -0.493 e. The first-order valence-corrected chi connectivity index (χ1v) is 9.11. The molecule has 3 aromatic rings. The molecule has 0 aliphatic rings. The van der Waals surface area contributed by atoms with E-state index in [1.807, 2.05) is 13.1 Å². The number of para-hydroxylation sites is 1. The molecule has 0 saturated carbocycles. The molecular weight excluding hydrogens is 354 g/mol. The molecule has 0 unspecified atom stereocenters. The normalized spacial score (nSPS) is 11.1. The first-order chi connectivity index (χ1) is 13.5. The van der Waals surface area contributed by atoms with Crippen LogP contribution in [0.5, 0.6) is 11.5 Å². The summed E-state index contributed by atoms with van der Waals surface area (Å²) in [5.74, 6) is 1.14. The number of aryl methyl sites for hydroxylation is 3. The van der Waals surface area contributed by atoms with Gasteiger partial charge in [-0.3, -0.25) is 4.79 Å². The van der Waals surface area contributed by atoms with E-state index in [9.17, 15) is 4.79 Å². The molecule has 0 bridgehead atoms. The maximum absolute atomic E-state index is 12.2. The summed E-state index contributed by atoms with van der Waals surface area (Å²) in [6, 6.07) is 11.7. The lowest BCUT2D eigenvalue weighted by atomic mass is 10.1.